The highest BCUT2D eigenvalue weighted by atomic mass is 16.3. The van der Waals surface area contributed by atoms with Crippen molar-refractivity contribution in [3.63, 3.8) is 0 Å². The van der Waals surface area contributed by atoms with Gasteiger partial charge in [0.1, 0.15) is 0 Å². The predicted molar refractivity (Wildman–Crippen MR) is 103 cm³/mol. The van der Waals surface area contributed by atoms with Crippen molar-refractivity contribution < 1.29 is 9.90 Å². The molecular formula is C19H32N4O2. The molecular weight excluding hydrogens is 316 g/mol. The number of nitrogens with zero attached hydrogens (tertiary/aromatic N) is 2. The normalized spacial score (nSPS) is 17.1. The highest BCUT2D eigenvalue weighted by Gasteiger charge is 2.31. The third kappa shape index (κ3) is 6.21. The van der Waals surface area contributed by atoms with Crippen LogP contribution in [0.15, 0.2) is 24.3 Å². The van der Waals surface area contributed by atoms with E-state index < -0.39 is 5.60 Å². The van der Waals surface area contributed by atoms with Gasteiger partial charge >= 0.3 is 6.03 Å². The van der Waals surface area contributed by atoms with Crippen molar-refractivity contribution in [3.05, 3.63) is 24.3 Å². The van der Waals surface area contributed by atoms with E-state index >= 15 is 0 Å². The standard InChI is InChI=1S/C19H32N4O2/c1-4-5-12-23(3)17-8-6-16(7-9-17)21-18(24)20-15-19(25)10-13-22(2)14-11-19/h6-9,25H,4-5,10-15H2,1-3H3,(H2,20,21,24). The fraction of sp³-hybridized carbons (Fsp3) is 0.632. The molecule has 0 aromatic heterocycles. The number of nitrogens with one attached hydrogen (secondary N) is 2. The van der Waals surface area contributed by atoms with E-state index in [4.69, 9.17) is 0 Å². The van der Waals surface area contributed by atoms with Crippen LogP contribution in [0.2, 0.25) is 0 Å². The number of unbranched alkanes of at least 4 members (excludes halogenated alkanes) is 1. The first-order valence-corrected chi connectivity index (χ1v) is 9.19. The fourth-order valence-electron chi connectivity index (χ4n) is 2.96. The molecule has 0 spiro atoms. The predicted octanol–water partition coefficient (Wildman–Crippen LogP) is 2.50. The summed E-state index contributed by atoms with van der Waals surface area (Å²) in [5.74, 6) is 0. The van der Waals surface area contributed by atoms with Crippen LogP contribution in [0.5, 0.6) is 0 Å². The second kappa shape index (κ2) is 9.06. The molecule has 1 heterocycles. The van der Waals surface area contributed by atoms with E-state index in [9.17, 15) is 9.90 Å². The van der Waals surface area contributed by atoms with Crippen LogP contribution in [0.25, 0.3) is 0 Å². The van der Waals surface area contributed by atoms with Crippen molar-refractivity contribution in [2.45, 2.75) is 38.2 Å². The molecule has 6 heteroatoms. The topological polar surface area (TPSA) is 67.8 Å². The van der Waals surface area contributed by atoms with E-state index in [0.29, 0.717) is 12.8 Å². The maximum atomic E-state index is 12.1. The Morgan fingerprint density at radius 1 is 1.28 bits per heavy atom. The Bertz CT molecular complexity index is 539. The highest BCUT2D eigenvalue weighted by molar-refractivity contribution is 5.89. The van der Waals surface area contributed by atoms with E-state index in [1.54, 1.807) is 0 Å². The molecule has 6 nitrogen and oxygen atoms in total. The van der Waals surface area contributed by atoms with Crippen LogP contribution in [-0.4, -0.2) is 61.9 Å². The molecule has 1 aliphatic heterocycles. The molecule has 0 atom stereocenters. The molecule has 1 fully saturated rings. The summed E-state index contributed by atoms with van der Waals surface area (Å²) in [5.41, 5.74) is 1.09. The summed E-state index contributed by atoms with van der Waals surface area (Å²) < 4.78 is 0. The maximum Gasteiger partial charge on any atom is 0.319 e. The lowest BCUT2D eigenvalue weighted by Crippen LogP contribution is -2.50. The fourth-order valence-corrected chi connectivity index (χ4v) is 2.96. The summed E-state index contributed by atoms with van der Waals surface area (Å²) in [6, 6.07) is 7.55. The zero-order chi connectivity index (χ0) is 18.3. The van der Waals surface area contributed by atoms with Crippen molar-refractivity contribution in [2.75, 3.05) is 50.5 Å². The molecule has 1 aromatic carbocycles. The first-order chi connectivity index (χ1) is 11.9. The van der Waals surface area contributed by atoms with Crippen molar-refractivity contribution in [1.82, 2.24) is 10.2 Å². The molecule has 0 radical (unpaired) electrons. The second-order valence-electron chi connectivity index (χ2n) is 7.16. The van der Waals surface area contributed by atoms with Gasteiger partial charge in [0.25, 0.3) is 0 Å². The van der Waals surface area contributed by atoms with Crippen molar-refractivity contribution >= 4 is 17.4 Å². The Hall–Kier alpha value is -1.79. The highest BCUT2D eigenvalue weighted by Crippen LogP contribution is 2.21. The summed E-state index contributed by atoms with van der Waals surface area (Å²) in [4.78, 5) is 16.5. The Morgan fingerprint density at radius 3 is 2.52 bits per heavy atom. The number of urea groups is 1. The number of aliphatic hydroxyl groups is 1. The van der Waals surface area contributed by atoms with Gasteiger partial charge in [-0.2, -0.15) is 0 Å². The van der Waals surface area contributed by atoms with Gasteiger partial charge in [0.15, 0.2) is 0 Å². The van der Waals surface area contributed by atoms with Crippen LogP contribution < -0.4 is 15.5 Å². The largest absolute Gasteiger partial charge is 0.388 e. The molecule has 2 amide bonds. The van der Waals surface area contributed by atoms with Crippen LogP contribution in [0.3, 0.4) is 0 Å². The zero-order valence-electron chi connectivity index (χ0n) is 15.7. The van der Waals surface area contributed by atoms with E-state index in [1.807, 2.05) is 31.3 Å². The molecule has 1 aromatic rings. The van der Waals surface area contributed by atoms with Crippen molar-refractivity contribution in [3.8, 4) is 0 Å². The molecule has 0 bridgehead atoms. The summed E-state index contributed by atoms with van der Waals surface area (Å²) in [5, 5.41) is 16.1. The third-order valence-corrected chi connectivity index (χ3v) is 4.91. The zero-order valence-corrected chi connectivity index (χ0v) is 15.7. The third-order valence-electron chi connectivity index (χ3n) is 4.91. The Labute approximate surface area is 151 Å². The van der Waals surface area contributed by atoms with E-state index in [0.717, 1.165) is 37.4 Å². The van der Waals surface area contributed by atoms with Gasteiger partial charge in [0, 0.05) is 44.6 Å². The number of amides is 2. The van der Waals surface area contributed by atoms with Gasteiger partial charge in [-0.3, -0.25) is 0 Å². The molecule has 0 saturated carbocycles. The molecule has 3 N–H and O–H groups in total. The van der Waals surface area contributed by atoms with Gasteiger partial charge < -0.3 is 25.5 Å². The first kappa shape index (κ1) is 19.5. The molecule has 25 heavy (non-hydrogen) atoms. The second-order valence-corrected chi connectivity index (χ2v) is 7.16. The average Bonchev–Trinajstić information content (AvgIpc) is 2.61. The molecule has 140 valence electrons. The average molecular weight is 348 g/mol. The molecule has 1 aliphatic rings. The number of piperidine rings is 1. The van der Waals surface area contributed by atoms with E-state index in [2.05, 4.69) is 34.4 Å². The van der Waals surface area contributed by atoms with Gasteiger partial charge in [-0.25, -0.2) is 4.79 Å². The van der Waals surface area contributed by atoms with Gasteiger partial charge in [0.05, 0.1) is 5.60 Å². The van der Waals surface area contributed by atoms with Crippen LogP contribution in [0, 0.1) is 0 Å². The number of carbonyl (C=O) groups excluding carboxylic acids is 1. The van der Waals surface area contributed by atoms with E-state index in [1.165, 1.54) is 6.42 Å². The van der Waals surface area contributed by atoms with E-state index in [-0.39, 0.29) is 12.6 Å². The van der Waals surface area contributed by atoms with Gasteiger partial charge in [0.2, 0.25) is 0 Å². The van der Waals surface area contributed by atoms with Crippen molar-refractivity contribution in [1.29, 1.82) is 0 Å². The minimum absolute atomic E-state index is 0.278. The lowest BCUT2D eigenvalue weighted by molar-refractivity contribution is -0.0120. The number of likely N-dealkylation sites (tertiary alicyclic amines) is 1. The number of rotatable bonds is 7. The molecule has 1 saturated heterocycles. The number of benzene rings is 1. The number of hydrogen-bond donors (Lipinski definition) is 3. The Morgan fingerprint density at radius 2 is 1.92 bits per heavy atom. The summed E-state index contributed by atoms with van der Waals surface area (Å²) >= 11 is 0. The van der Waals surface area contributed by atoms with Gasteiger partial charge in [-0.1, -0.05) is 13.3 Å². The Balaban J connectivity index is 1.78. The summed E-state index contributed by atoms with van der Waals surface area (Å²) in [7, 11) is 4.12. The van der Waals surface area contributed by atoms with Crippen LogP contribution >= 0.6 is 0 Å². The molecule has 2 rings (SSSR count). The smallest absolute Gasteiger partial charge is 0.319 e. The first-order valence-electron chi connectivity index (χ1n) is 9.19. The monoisotopic (exact) mass is 348 g/mol. The van der Waals surface area contributed by atoms with Crippen LogP contribution in [0.1, 0.15) is 32.6 Å². The van der Waals surface area contributed by atoms with Crippen LogP contribution in [-0.2, 0) is 0 Å². The lowest BCUT2D eigenvalue weighted by atomic mass is 9.92. The van der Waals surface area contributed by atoms with Crippen molar-refractivity contribution in [2.24, 2.45) is 0 Å². The lowest BCUT2D eigenvalue weighted by Gasteiger charge is -2.36. The summed E-state index contributed by atoms with van der Waals surface area (Å²) in [6.07, 6.45) is 3.70. The SMILES string of the molecule is CCCCN(C)c1ccc(NC(=O)NCC2(O)CCN(C)CC2)cc1. The number of hydrogen-bond acceptors (Lipinski definition) is 4. The molecule has 0 aliphatic carbocycles. The number of anilines is 2. The maximum absolute atomic E-state index is 12.1. The Kier molecular flexibility index (Phi) is 7.08. The minimum Gasteiger partial charge on any atom is -0.388 e. The van der Waals surface area contributed by atoms with Gasteiger partial charge in [-0.05, 0) is 50.6 Å². The quantitative estimate of drug-likeness (QED) is 0.708. The van der Waals surface area contributed by atoms with Gasteiger partial charge in [-0.15, -0.1) is 0 Å². The number of carbonyl (C=O) groups is 1. The minimum atomic E-state index is -0.796. The van der Waals surface area contributed by atoms with Crippen LogP contribution in [0.4, 0.5) is 16.2 Å². The molecule has 0 unspecified atom stereocenters. The summed E-state index contributed by atoms with van der Waals surface area (Å²) in [6.45, 7) is 5.20.